The molecule has 18 heavy (non-hydrogen) atoms. The van der Waals surface area contributed by atoms with Gasteiger partial charge < -0.3 is 14.4 Å². The molecule has 1 aliphatic heterocycles. The Bertz CT molecular complexity index is 467. The highest BCUT2D eigenvalue weighted by molar-refractivity contribution is 5.87. The number of hydrogen-bond acceptors (Lipinski definition) is 5. The lowest BCUT2D eigenvalue weighted by atomic mass is 9.96. The third-order valence-electron chi connectivity index (χ3n) is 3.22. The van der Waals surface area contributed by atoms with Crippen LogP contribution in [0.25, 0.3) is 0 Å². The Balaban J connectivity index is 2.20. The number of nitrogens with zero attached hydrogens (tertiary/aromatic N) is 2. The monoisotopic (exact) mass is 250 g/mol. The topological polar surface area (TPSA) is 51.7 Å². The van der Waals surface area contributed by atoms with Crippen molar-refractivity contribution >= 4 is 11.8 Å². The summed E-state index contributed by atoms with van der Waals surface area (Å²) in [5.74, 6) is 0.389. The van der Waals surface area contributed by atoms with Gasteiger partial charge in [0.2, 0.25) is 0 Å². The van der Waals surface area contributed by atoms with Crippen molar-refractivity contribution in [2.75, 3.05) is 32.2 Å². The van der Waals surface area contributed by atoms with Gasteiger partial charge in [0, 0.05) is 20.2 Å². The molecule has 1 aliphatic rings. The van der Waals surface area contributed by atoms with Crippen LogP contribution >= 0.6 is 0 Å². The van der Waals surface area contributed by atoms with E-state index >= 15 is 0 Å². The number of aryl methyl sites for hydroxylation is 1. The first-order valence-corrected chi connectivity index (χ1v) is 5.84. The maximum absolute atomic E-state index is 11.5. The predicted octanol–water partition coefficient (Wildman–Crippen LogP) is 1.40. The van der Waals surface area contributed by atoms with Crippen LogP contribution < -0.4 is 4.90 Å². The number of carbonyl (C=O) groups excluding carboxylic acids is 1. The number of rotatable bonds is 3. The molecule has 1 fully saturated rings. The number of aromatic nitrogens is 1. The fourth-order valence-corrected chi connectivity index (χ4v) is 2.07. The lowest BCUT2D eigenvalue weighted by Crippen LogP contribution is -2.61. The van der Waals surface area contributed by atoms with Gasteiger partial charge in [0.1, 0.15) is 5.82 Å². The molecule has 1 saturated heterocycles. The summed E-state index contributed by atoms with van der Waals surface area (Å²) in [6.45, 7) is 5.55. The molecule has 5 nitrogen and oxygen atoms in total. The second-order valence-electron chi connectivity index (χ2n) is 4.89. The molecule has 0 radical (unpaired) electrons. The molecule has 0 amide bonds. The Hall–Kier alpha value is -1.62. The van der Waals surface area contributed by atoms with Crippen LogP contribution in [0.3, 0.4) is 0 Å². The minimum Gasteiger partial charge on any atom is -0.464 e. The van der Waals surface area contributed by atoms with E-state index in [4.69, 9.17) is 9.47 Å². The lowest BCUT2D eigenvalue weighted by Gasteiger charge is -2.47. The highest BCUT2D eigenvalue weighted by Crippen LogP contribution is 2.29. The van der Waals surface area contributed by atoms with Gasteiger partial charge in [-0.15, -0.1) is 0 Å². The van der Waals surface area contributed by atoms with Crippen LogP contribution in [-0.4, -0.2) is 43.9 Å². The van der Waals surface area contributed by atoms with Gasteiger partial charge in [-0.1, -0.05) is 0 Å². The van der Waals surface area contributed by atoms with Crippen molar-refractivity contribution < 1.29 is 14.3 Å². The molecule has 2 heterocycles. The van der Waals surface area contributed by atoms with E-state index in [-0.39, 0.29) is 5.60 Å². The molecule has 0 saturated carbocycles. The molecular weight excluding hydrogens is 232 g/mol. The molecule has 0 aliphatic carbocycles. The van der Waals surface area contributed by atoms with Gasteiger partial charge in [-0.3, -0.25) is 0 Å². The Kier molecular flexibility index (Phi) is 3.26. The Morgan fingerprint density at radius 1 is 1.39 bits per heavy atom. The van der Waals surface area contributed by atoms with Gasteiger partial charge >= 0.3 is 5.97 Å². The van der Waals surface area contributed by atoms with E-state index in [2.05, 4.69) is 16.8 Å². The van der Waals surface area contributed by atoms with Crippen LogP contribution in [-0.2, 0) is 9.47 Å². The minimum absolute atomic E-state index is 0.114. The Morgan fingerprint density at radius 3 is 2.61 bits per heavy atom. The summed E-state index contributed by atoms with van der Waals surface area (Å²) < 4.78 is 10.1. The summed E-state index contributed by atoms with van der Waals surface area (Å²) in [6, 6.07) is 3.69. The smallest absolute Gasteiger partial charge is 0.356 e. The summed E-state index contributed by atoms with van der Waals surface area (Å²) in [4.78, 5) is 17.9. The lowest BCUT2D eigenvalue weighted by molar-refractivity contribution is -0.0171. The third kappa shape index (κ3) is 2.31. The normalized spacial score (nSPS) is 17.2. The van der Waals surface area contributed by atoms with Crippen LogP contribution in [0.15, 0.2) is 12.1 Å². The van der Waals surface area contributed by atoms with Gasteiger partial charge in [0.05, 0.1) is 12.7 Å². The highest BCUT2D eigenvalue weighted by Gasteiger charge is 2.39. The molecule has 0 unspecified atom stereocenters. The van der Waals surface area contributed by atoms with Crippen molar-refractivity contribution in [1.29, 1.82) is 0 Å². The quantitative estimate of drug-likeness (QED) is 0.759. The standard InChI is InChI=1S/C13H18N2O3/c1-9-5-10(12(16)17-3)14-11(6-9)15-7-13(2,8-15)18-4/h5-6H,7-8H2,1-4H3. The first-order chi connectivity index (χ1) is 8.47. The molecule has 0 spiro atoms. The number of esters is 1. The van der Waals surface area contributed by atoms with Crippen molar-refractivity contribution in [2.24, 2.45) is 0 Å². The molecule has 0 bridgehead atoms. The van der Waals surface area contributed by atoms with Crippen LogP contribution in [0.5, 0.6) is 0 Å². The summed E-state index contributed by atoms with van der Waals surface area (Å²) in [5, 5.41) is 0. The zero-order valence-electron chi connectivity index (χ0n) is 11.2. The number of hydrogen-bond donors (Lipinski definition) is 0. The highest BCUT2D eigenvalue weighted by atomic mass is 16.5. The molecule has 1 aromatic heterocycles. The number of ether oxygens (including phenoxy) is 2. The number of anilines is 1. The summed E-state index contributed by atoms with van der Waals surface area (Å²) in [7, 11) is 3.07. The summed E-state index contributed by atoms with van der Waals surface area (Å²) in [5.41, 5.74) is 1.22. The van der Waals surface area contributed by atoms with Crippen molar-refractivity contribution in [2.45, 2.75) is 19.4 Å². The molecule has 5 heteroatoms. The second kappa shape index (κ2) is 4.57. The zero-order valence-corrected chi connectivity index (χ0v) is 11.2. The number of pyridine rings is 1. The molecule has 0 atom stereocenters. The fourth-order valence-electron chi connectivity index (χ4n) is 2.07. The predicted molar refractivity (Wildman–Crippen MR) is 67.9 cm³/mol. The SMILES string of the molecule is COC(=O)c1cc(C)cc(N2CC(C)(OC)C2)n1. The second-order valence-corrected chi connectivity index (χ2v) is 4.89. The zero-order chi connectivity index (χ0) is 13.3. The minimum atomic E-state index is -0.407. The maximum atomic E-state index is 11.5. The van der Waals surface area contributed by atoms with E-state index in [1.807, 2.05) is 13.0 Å². The first-order valence-electron chi connectivity index (χ1n) is 5.84. The number of carbonyl (C=O) groups is 1. The molecule has 2 rings (SSSR count). The molecule has 1 aromatic rings. The van der Waals surface area contributed by atoms with Crippen LogP contribution in [0.1, 0.15) is 23.0 Å². The van der Waals surface area contributed by atoms with Crippen LogP contribution in [0.2, 0.25) is 0 Å². The maximum Gasteiger partial charge on any atom is 0.356 e. The molecule has 0 aromatic carbocycles. The first kappa shape index (κ1) is 12.8. The van der Waals surface area contributed by atoms with Gasteiger partial charge in [0.15, 0.2) is 5.69 Å². The van der Waals surface area contributed by atoms with E-state index in [0.717, 1.165) is 24.5 Å². The van der Waals surface area contributed by atoms with E-state index in [0.29, 0.717) is 5.69 Å². The number of methoxy groups -OCH3 is 2. The average molecular weight is 250 g/mol. The van der Waals surface area contributed by atoms with Gasteiger partial charge in [-0.2, -0.15) is 0 Å². The van der Waals surface area contributed by atoms with Gasteiger partial charge in [0.25, 0.3) is 0 Å². The van der Waals surface area contributed by atoms with Crippen molar-refractivity contribution in [3.05, 3.63) is 23.4 Å². The van der Waals surface area contributed by atoms with E-state index in [1.165, 1.54) is 7.11 Å². The van der Waals surface area contributed by atoms with Gasteiger partial charge in [-0.05, 0) is 31.5 Å². The summed E-state index contributed by atoms with van der Waals surface area (Å²) >= 11 is 0. The molecule has 98 valence electrons. The molecular formula is C13H18N2O3. The fraction of sp³-hybridized carbons (Fsp3) is 0.538. The Morgan fingerprint density at radius 2 is 2.06 bits per heavy atom. The van der Waals surface area contributed by atoms with Crippen molar-refractivity contribution in [3.8, 4) is 0 Å². The van der Waals surface area contributed by atoms with Crippen molar-refractivity contribution in [3.63, 3.8) is 0 Å². The largest absolute Gasteiger partial charge is 0.464 e. The third-order valence-corrected chi connectivity index (χ3v) is 3.22. The van der Waals surface area contributed by atoms with Crippen molar-refractivity contribution in [1.82, 2.24) is 4.98 Å². The van der Waals surface area contributed by atoms with E-state index < -0.39 is 5.97 Å². The van der Waals surface area contributed by atoms with Gasteiger partial charge in [-0.25, -0.2) is 9.78 Å². The van der Waals surface area contributed by atoms with E-state index in [1.54, 1.807) is 13.2 Å². The van der Waals surface area contributed by atoms with Crippen LogP contribution in [0, 0.1) is 6.92 Å². The van der Waals surface area contributed by atoms with E-state index in [9.17, 15) is 4.79 Å². The molecule has 0 N–H and O–H groups in total. The summed E-state index contributed by atoms with van der Waals surface area (Å²) in [6.07, 6.45) is 0. The van der Waals surface area contributed by atoms with Crippen LogP contribution in [0.4, 0.5) is 5.82 Å². The average Bonchev–Trinajstić information content (AvgIpc) is 2.33. The Labute approximate surface area is 107 Å².